The largest absolute Gasteiger partial charge is 0.496 e. The monoisotopic (exact) mass is 276 g/mol. The molecule has 0 aliphatic carbocycles. The van der Waals surface area contributed by atoms with Crippen LogP contribution in [0.3, 0.4) is 0 Å². The van der Waals surface area contributed by atoms with Crippen molar-refractivity contribution in [2.24, 2.45) is 0 Å². The minimum atomic E-state index is -0.428. The maximum Gasteiger partial charge on any atom is 0.270 e. The second kappa shape index (κ2) is 6.32. The summed E-state index contributed by atoms with van der Waals surface area (Å²) in [5, 5.41) is 23.1. The Labute approximate surface area is 116 Å². The SMILES string of the molecule is COc1ccc([N+](=O)[O-])cc1CN1CCNCC1C#N. The zero-order chi connectivity index (χ0) is 14.5. The molecule has 0 saturated carbocycles. The van der Waals surface area contributed by atoms with Gasteiger partial charge < -0.3 is 10.1 Å². The molecule has 106 valence electrons. The van der Waals surface area contributed by atoms with Crippen LogP contribution in [0.1, 0.15) is 5.56 Å². The van der Waals surface area contributed by atoms with Gasteiger partial charge in [0.15, 0.2) is 0 Å². The Kier molecular flexibility index (Phi) is 4.50. The number of rotatable bonds is 4. The molecule has 1 aliphatic heterocycles. The van der Waals surface area contributed by atoms with E-state index in [0.717, 1.165) is 18.7 Å². The number of nitro benzene ring substituents is 1. The lowest BCUT2D eigenvalue weighted by molar-refractivity contribution is -0.385. The van der Waals surface area contributed by atoms with Crippen molar-refractivity contribution < 1.29 is 9.66 Å². The molecule has 0 radical (unpaired) electrons. The molecule has 0 spiro atoms. The average Bonchev–Trinajstić information content (AvgIpc) is 2.47. The van der Waals surface area contributed by atoms with E-state index in [0.29, 0.717) is 18.8 Å². The minimum Gasteiger partial charge on any atom is -0.496 e. The maximum atomic E-state index is 10.9. The number of non-ortho nitro benzene ring substituents is 1. The topological polar surface area (TPSA) is 91.4 Å². The molecule has 1 N–H and O–H groups in total. The number of ether oxygens (including phenoxy) is 1. The maximum absolute atomic E-state index is 10.9. The van der Waals surface area contributed by atoms with Gasteiger partial charge in [0.1, 0.15) is 11.8 Å². The normalized spacial score (nSPS) is 19.3. The van der Waals surface area contributed by atoms with Crippen molar-refractivity contribution in [3.63, 3.8) is 0 Å². The van der Waals surface area contributed by atoms with Crippen molar-refractivity contribution in [2.45, 2.75) is 12.6 Å². The predicted octanol–water partition coefficient (Wildman–Crippen LogP) is 0.901. The summed E-state index contributed by atoms with van der Waals surface area (Å²) in [6.07, 6.45) is 0. The van der Waals surface area contributed by atoms with Crippen LogP contribution in [0.5, 0.6) is 5.75 Å². The molecule has 0 bridgehead atoms. The molecule has 1 fully saturated rings. The van der Waals surface area contributed by atoms with Gasteiger partial charge in [0.25, 0.3) is 5.69 Å². The fraction of sp³-hybridized carbons (Fsp3) is 0.462. The number of nitro groups is 1. The summed E-state index contributed by atoms with van der Waals surface area (Å²) >= 11 is 0. The summed E-state index contributed by atoms with van der Waals surface area (Å²) in [5.41, 5.74) is 0.758. The van der Waals surface area contributed by atoms with Gasteiger partial charge in [0, 0.05) is 43.9 Å². The number of benzene rings is 1. The van der Waals surface area contributed by atoms with E-state index in [2.05, 4.69) is 11.4 Å². The van der Waals surface area contributed by atoms with E-state index in [9.17, 15) is 10.1 Å². The number of nitrogens with one attached hydrogen (secondary N) is 1. The van der Waals surface area contributed by atoms with Crippen LogP contribution in [0.15, 0.2) is 18.2 Å². The smallest absolute Gasteiger partial charge is 0.270 e. The van der Waals surface area contributed by atoms with E-state index in [1.807, 2.05) is 4.90 Å². The molecule has 0 aromatic heterocycles. The summed E-state index contributed by atoms with van der Waals surface area (Å²) in [6, 6.07) is 6.53. The van der Waals surface area contributed by atoms with E-state index in [4.69, 9.17) is 10.00 Å². The zero-order valence-corrected chi connectivity index (χ0v) is 11.2. The van der Waals surface area contributed by atoms with Gasteiger partial charge >= 0.3 is 0 Å². The summed E-state index contributed by atoms with van der Waals surface area (Å²) in [6.45, 7) is 2.60. The van der Waals surface area contributed by atoms with Crippen LogP contribution in [0, 0.1) is 21.4 Å². The molecule has 7 nitrogen and oxygen atoms in total. The number of nitriles is 1. The minimum absolute atomic E-state index is 0.0319. The number of hydrogen-bond donors (Lipinski definition) is 1. The molecule has 1 atom stereocenters. The van der Waals surface area contributed by atoms with E-state index >= 15 is 0 Å². The Hall–Kier alpha value is -2.17. The van der Waals surface area contributed by atoms with Gasteiger partial charge in [-0.3, -0.25) is 15.0 Å². The van der Waals surface area contributed by atoms with Gasteiger partial charge in [-0.05, 0) is 6.07 Å². The Morgan fingerprint density at radius 2 is 2.45 bits per heavy atom. The van der Waals surface area contributed by atoms with Crippen LogP contribution in [-0.4, -0.2) is 42.6 Å². The lowest BCUT2D eigenvalue weighted by Crippen LogP contribution is -2.50. The lowest BCUT2D eigenvalue weighted by Gasteiger charge is -2.32. The fourth-order valence-corrected chi connectivity index (χ4v) is 2.28. The molecule has 7 heteroatoms. The van der Waals surface area contributed by atoms with Crippen molar-refractivity contribution in [3.8, 4) is 11.8 Å². The van der Waals surface area contributed by atoms with E-state index in [-0.39, 0.29) is 11.7 Å². The molecule has 1 unspecified atom stereocenters. The summed E-state index contributed by atoms with van der Waals surface area (Å²) in [7, 11) is 1.53. The van der Waals surface area contributed by atoms with Gasteiger partial charge in [-0.1, -0.05) is 0 Å². The number of piperazine rings is 1. The van der Waals surface area contributed by atoms with Gasteiger partial charge in [0.05, 0.1) is 18.1 Å². The molecular weight excluding hydrogens is 260 g/mol. The molecule has 1 aliphatic rings. The highest BCUT2D eigenvalue weighted by molar-refractivity contribution is 5.43. The quantitative estimate of drug-likeness (QED) is 0.649. The molecule has 0 amide bonds. The first-order valence-corrected chi connectivity index (χ1v) is 6.31. The second-order valence-electron chi connectivity index (χ2n) is 4.57. The van der Waals surface area contributed by atoms with E-state index in [1.54, 1.807) is 6.07 Å². The van der Waals surface area contributed by atoms with Gasteiger partial charge in [0.2, 0.25) is 0 Å². The highest BCUT2D eigenvalue weighted by Gasteiger charge is 2.23. The lowest BCUT2D eigenvalue weighted by atomic mass is 10.1. The molecule has 20 heavy (non-hydrogen) atoms. The average molecular weight is 276 g/mol. The predicted molar refractivity (Wildman–Crippen MR) is 72.3 cm³/mol. The third kappa shape index (κ3) is 3.04. The van der Waals surface area contributed by atoms with Gasteiger partial charge in [-0.25, -0.2) is 0 Å². The molecule has 1 saturated heterocycles. The third-order valence-corrected chi connectivity index (χ3v) is 3.35. The van der Waals surface area contributed by atoms with Crippen LogP contribution >= 0.6 is 0 Å². The molecule has 1 heterocycles. The van der Waals surface area contributed by atoms with Crippen LogP contribution in [0.25, 0.3) is 0 Å². The summed E-state index contributed by atoms with van der Waals surface area (Å²) in [5.74, 6) is 0.603. The van der Waals surface area contributed by atoms with Crippen molar-refractivity contribution in [2.75, 3.05) is 26.7 Å². The summed E-state index contributed by atoms with van der Waals surface area (Å²) < 4.78 is 5.24. The molecular formula is C13H16N4O3. The third-order valence-electron chi connectivity index (χ3n) is 3.35. The van der Waals surface area contributed by atoms with Crippen molar-refractivity contribution in [1.82, 2.24) is 10.2 Å². The van der Waals surface area contributed by atoms with Crippen LogP contribution < -0.4 is 10.1 Å². The fourth-order valence-electron chi connectivity index (χ4n) is 2.28. The van der Waals surface area contributed by atoms with Gasteiger partial charge in [-0.15, -0.1) is 0 Å². The van der Waals surface area contributed by atoms with E-state index < -0.39 is 4.92 Å². The summed E-state index contributed by atoms with van der Waals surface area (Å²) in [4.78, 5) is 12.4. The highest BCUT2D eigenvalue weighted by atomic mass is 16.6. The number of methoxy groups -OCH3 is 1. The van der Waals surface area contributed by atoms with Crippen LogP contribution in [0.2, 0.25) is 0 Å². The molecule has 1 aromatic carbocycles. The highest BCUT2D eigenvalue weighted by Crippen LogP contribution is 2.26. The van der Waals surface area contributed by atoms with Gasteiger partial charge in [-0.2, -0.15) is 5.26 Å². The number of hydrogen-bond acceptors (Lipinski definition) is 6. The Morgan fingerprint density at radius 3 is 3.10 bits per heavy atom. The molecule has 2 rings (SSSR count). The van der Waals surface area contributed by atoms with Crippen LogP contribution in [-0.2, 0) is 6.54 Å². The Balaban J connectivity index is 2.24. The standard InChI is InChI=1S/C13H16N4O3/c1-20-13-3-2-11(17(18)19)6-10(13)9-16-5-4-15-8-12(16)7-14/h2-3,6,12,15H,4-5,8-9H2,1H3. The first-order chi connectivity index (χ1) is 9.65. The van der Waals surface area contributed by atoms with Crippen molar-refractivity contribution >= 4 is 5.69 Å². The zero-order valence-electron chi connectivity index (χ0n) is 11.2. The second-order valence-corrected chi connectivity index (χ2v) is 4.57. The van der Waals surface area contributed by atoms with Crippen molar-refractivity contribution in [3.05, 3.63) is 33.9 Å². The Morgan fingerprint density at radius 1 is 1.65 bits per heavy atom. The van der Waals surface area contributed by atoms with Crippen molar-refractivity contribution in [1.29, 1.82) is 5.26 Å². The first-order valence-electron chi connectivity index (χ1n) is 6.31. The first kappa shape index (κ1) is 14.2. The van der Waals surface area contributed by atoms with E-state index in [1.165, 1.54) is 19.2 Å². The Bertz CT molecular complexity index is 541. The molecule has 1 aromatic rings. The van der Waals surface area contributed by atoms with Crippen LogP contribution in [0.4, 0.5) is 5.69 Å². The number of nitrogens with zero attached hydrogens (tertiary/aromatic N) is 3.